The van der Waals surface area contributed by atoms with Crippen LogP contribution in [-0.2, 0) is 4.74 Å². The van der Waals surface area contributed by atoms with Gasteiger partial charge < -0.3 is 20.7 Å². The van der Waals surface area contributed by atoms with Crippen molar-refractivity contribution >= 4 is 0 Å². The van der Waals surface area contributed by atoms with Crippen LogP contribution in [0.1, 0.15) is 12.8 Å². The molecule has 4 heteroatoms. The molecule has 0 spiro atoms. The molecule has 1 heterocycles. The molecule has 4 N–H and O–H groups in total. The molecule has 1 aliphatic rings. The highest BCUT2D eigenvalue weighted by atomic mass is 16.5. The van der Waals surface area contributed by atoms with Gasteiger partial charge >= 0.3 is 0 Å². The molecular formula is C7H17NO3. The van der Waals surface area contributed by atoms with Crippen LogP contribution in [0.25, 0.3) is 0 Å². The third-order valence-electron chi connectivity index (χ3n) is 1.30. The fourth-order valence-corrected chi connectivity index (χ4v) is 0.766. The van der Waals surface area contributed by atoms with Crippen molar-refractivity contribution in [3.8, 4) is 0 Å². The average Bonchev–Trinajstić information content (AvgIpc) is 2.07. The zero-order chi connectivity index (χ0) is 8.53. The topological polar surface area (TPSA) is 75.7 Å². The molecule has 0 aromatic carbocycles. The maximum Gasteiger partial charge on any atom is 0.0662 e. The number of hydrogen-bond donors (Lipinski definition) is 3. The zero-order valence-electron chi connectivity index (χ0n) is 6.70. The molecule has 1 fully saturated rings. The number of nitrogens with two attached hydrogens (primary N) is 1. The Morgan fingerprint density at radius 3 is 2.18 bits per heavy atom. The molecule has 1 atom stereocenters. The van der Waals surface area contributed by atoms with Crippen molar-refractivity contribution in [2.24, 2.45) is 5.73 Å². The number of rotatable bonds is 1. The molecule has 1 unspecified atom stereocenters. The highest BCUT2D eigenvalue weighted by molar-refractivity contribution is 4.63. The highest BCUT2D eigenvalue weighted by Crippen LogP contribution is 2.01. The van der Waals surface area contributed by atoms with Gasteiger partial charge in [-0.15, -0.1) is 0 Å². The van der Waals surface area contributed by atoms with Gasteiger partial charge in [0.15, 0.2) is 0 Å². The zero-order valence-corrected chi connectivity index (χ0v) is 6.70. The summed E-state index contributed by atoms with van der Waals surface area (Å²) in [6.45, 7) is 1.42. The van der Waals surface area contributed by atoms with E-state index in [9.17, 15) is 0 Å². The van der Waals surface area contributed by atoms with Crippen LogP contribution in [0, 0.1) is 0 Å². The van der Waals surface area contributed by atoms with Gasteiger partial charge in [0.05, 0.1) is 19.8 Å². The van der Waals surface area contributed by atoms with E-state index in [0.717, 1.165) is 26.1 Å². The molecule has 68 valence electrons. The second-order valence-electron chi connectivity index (χ2n) is 2.42. The summed E-state index contributed by atoms with van der Waals surface area (Å²) in [5.74, 6) is 0. The molecule has 0 aromatic rings. The van der Waals surface area contributed by atoms with E-state index in [4.69, 9.17) is 20.7 Å². The summed E-state index contributed by atoms with van der Waals surface area (Å²) in [6, 6.07) is 0.314. The molecule has 4 nitrogen and oxygen atoms in total. The Bertz CT molecular complexity index is 72.1. The maximum atomic E-state index is 7.62. The molecule has 1 saturated heterocycles. The maximum absolute atomic E-state index is 7.62. The molecule has 0 bridgehead atoms. The van der Waals surface area contributed by atoms with E-state index >= 15 is 0 Å². The minimum atomic E-state index is -0.125. The normalized spacial score (nSPS) is 23.7. The lowest BCUT2D eigenvalue weighted by molar-refractivity contribution is 0.0822. The molecule has 11 heavy (non-hydrogen) atoms. The third kappa shape index (κ3) is 7.74. The van der Waals surface area contributed by atoms with Crippen molar-refractivity contribution in [1.29, 1.82) is 0 Å². The Kier molecular flexibility index (Phi) is 7.83. The van der Waals surface area contributed by atoms with Gasteiger partial charge in [0.1, 0.15) is 0 Å². The lowest BCUT2D eigenvalue weighted by atomic mass is 10.1. The van der Waals surface area contributed by atoms with Crippen LogP contribution in [-0.4, -0.2) is 42.7 Å². The Hall–Kier alpha value is -0.160. The summed E-state index contributed by atoms with van der Waals surface area (Å²) in [5, 5.41) is 15.2. The number of hydrogen-bond acceptors (Lipinski definition) is 4. The lowest BCUT2D eigenvalue weighted by Gasteiger charge is -2.16. The van der Waals surface area contributed by atoms with E-state index in [1.54, 1.807) is 0 Å². The number of ether oxygens (including phenoxy) is 1. The fraction of sp³-hybridized carbons (Fsp3) is 1.00. The van der Waals surface area contributed by atoms with Crippen molar-refractivity contribution in [3.63, 3.8) is 0 Å². The SMILES string of the molecule is NC1CCCOC1.OCCO. The van der Waals surface area contributed by atoms with Gasteiger partial charge in [-0.2, -0.15) is 0 Å². The second kappa shape index (κ2) is 7.94. The van der Waals surface area contributed by atoms with E-state index in [1.807, 2.05) is 0 Å². The van der Waals surface area contributed by atoms with Crippen LogP contribution in [0.5, 0.6) is 0 Å². The first-order valence-corrected chi connectivity index (χ1v) is 3.86. The number of aliphatic hydroxyl groups excluding tert-OH is 2. The standard InChI is InChI=1S/C5H11NO.C2H6O2/c6-5-2-1-3-7-4-5;3-1-2-4/h5H,1-4,6H2;3-4H,1-2H2. The van der Waals surface area contributed by atoms with E-state index in [-0.39, 0.29) is 13.2 Å². The minimum absolute atomic E-state index is 0.125. The summed E-state index contributed by atoms with van der Waals surface area (Å²) in [5.41, 5.74) is 5.51. The Balaban J connectivity index is 0.000000218. The first-order chi connectivity index (χ1) is 5.31. The fourth-order valence-electron chi connectivity index (χ4n) is 0.766. The summed E-state index contributed by atoms with van der Waals surface area (Å²) < 4.78 is 5.06. The first-order valence-electron chi connectivity index (χ1n) is 3.86. The van der Waals surface area contributed by atoms with Gasteiger partial charge in [-0.1, -0.05) is 0 Å². The Morgan fingerprint density at radius 2 is 2.00 bits per heavy atom. The molecule has 0 aromatic heterocycles. The van der Waals surface area contributed by atoms with Gasteiger partial charge in [0.2, 0.25) is 0 Å². The average molecular weight is 163 g/mol. The van der Waals surface area contributed by atoms with E-state index in [2.05, 4.69) is 0 Å². The van der Waals surface area contributed by atoms with Crippen molar-refractivity contribution in [2.75, 3.05) is 26.4 Å². The monoisotopic (exact) mass is 163 g/mol. The summed E-state index contributed by atoms with van der Waals surface area (Å²) >= 11 is 0. The smallest absolute Gasteiger partial charge is 0.0662 e. The molecule has 1 rings (SSSR count). The van der Waals surface area contributed by atoms with Crippen LogP contribution in [0.2, 0.25) is 0 Å². The predicted molar refractivity (Wildman–Crippen MR) is 42.2 cm³/mol. The van der Waals surface area contributed by atoms with Crippen molar-refractivity contribution < 1.29 is 14.9 Å². The lowest BCUT2D eigenvalue weighted by Crippen LogP contribution is -2.30. The van der Waals surface area contributed by atoms with Gasteiger partial charge in [0, 0.05) is 12.6 Å². The second-order valence-corrected chi connectivity index (χ2v) is 2.42. The van der Waals surface area contributed by atoms with Crippen LogP contribution in [0.3, 0.4) is 0 Å². The van der Waals surface area contributed by atoms with E-state index in [1.165, 1.54) is 0 Å². The van der Waals surface area contributed by atoms with Gasteiger partial charge in [-0.3, -0.25) is 0 Å². The minimum Gasteiger partial charge on any atom is -0.394 e. The predicted octanol–water partition coefficient (Wildman–Crippen LogP) is -0.905. The van der Waals surface area contributed by atoms with Gasteiger partial charge in [-0.25, -0.2) is 0 Å². The van der Waals surface area contributed by atoms with Crippen LogP contribution >= 0.6 is 0 Å². The molecule has 0 saturated carbocycles. The Labute approximate surface area is 67.0 Å². The molecule has 0 aliphatic carbocycles. The summed E-state index contributed by atoms with van der Waals surface area (Å²) in [4.78, 5) is 0. The summed E-state index contributed by atoms with van der Waals surface area (Å²) in [7, 11) is 0. The summed E-state index contributed by atoms with van der Waals surface area (Å²) in [6.07, 6.45) is 2.28. The van der Waals surface area contributed by atoms with Crippen molar-refractivity contribution in [3.05, 3.63) is 0 Å². The quantitative estimate of drug-likeness (QED) is 0.468. The molecular weight excluding hydrogens is 146 g/mol. The Morgan fingerprint density at radius 1 is 1.36 bits per heavy atom. The molecule has 1 aliphatic heterocycles. The number of aliphatic hydroxyl groups is 2. The van der Waals surface area contributed by atoms with Crippen molar-refractivity contribution in [1.82, 2.24) is 0 Å². The largest absolute Gasteiger partial charge is 0.394 e. The van der Waals surface area contributed by atoms with Crippen LogP contribution in [0.4, 0.5) is 0 Å². The van der Waals surface area contributed by atoms with Crippen molar-refractivity contribution in [2.45, 2.75) is 18.9 Å². The van der Waals surface area contributed by atoms with Gasteiger partial charge in [0.25, 0.3) is 0 Å². The third-order valence-corrected chi connectivity index (χ3v) is 1.30. The van der Waals surface area contributed by atoms with Gasteiger partial charge in [-0.05, 0) is 12.8 Å². The van der Waals surface area contributed by atoms with E-state index in [0.29, 0.717) is 6.04 Å². The van der Waals surface area contributed by atoms with E-state index < -0.39 is 0 Å². The van der Waals surface area contributed by atoms with Crippen LogP contribution in [0.15, 0.2) is 0 Å². The van der Waals surface area contributed by atoms with Crippen LogP contribution < -0.4 is 5.73 Å². The first kappa shape index (κ1) is 10.8. The molecule has 0 amide bonds. The molecule has 0 radical (unpaired) electrons. The highest BCUT2D eigenvalue weighted by Gasteiger charge is 2.06.